The van der Waals surface area contributed by atoms with Gasteiger partial charge in [0.1, 0.15) is 18.1 Å². The number of methoxy groups -OCH3 is 1. The number of hydrogen-bond acceptors (Lipinski definition) is 4. The van der Waals surface area contributed by atoms with E-state index in [1.54, 1.807) is 24.1 Å². The molecule has 3 aromatic rings. The summed E-state index contributed by atoms with van der Waals surface area (Å²) in [6.07, 6.45) is 0. The van der Waals surface area contributed by atoms with Crippen molar-refractivity contribution in [3.63, 3.8) is 0 Å². The van der Waals surface area contributed by atoms with Crippen molar-refractivity contribution in [2.75, 3.05) is 25.2 Å². The number of anilines is 1. The molecule has 4 rings (SSSR count). The van der Waals surface area contributed by atoms with E-state index in [9.17, 15) is 9.59 Å². The van der Waals surface area contributed by atoms with Gasteiger partial charge >= 0.3 is 0 Å². The zero-order valence-electron chi connectivity index (χ0n) is 20.8. The molecule has 182 valence electrons. The molecule has 3 aromatic carbocycles. The Kier molecular flexibility index (Phi) is 7.39. The lowest BCUT2D eigenvalue weighted by atomic mass is 10.1. The average Bonchev–Trinajstić information content (AvgIpc) is 3.09. The van der Waals surface area contributed by atoms with Gasteiger partial charge in [-0.1, -0.05) is 43.7 Å². The van der Waals surface area contributed by atoms with Gasteiger partial charge in [-0.25, -0.2) is 0 Å². The van der Waals surface area contributed by atoms with Crippen LogP contribution in [-0.4, -0.2) is 37.0 Å². The Bertz CT molecular complexity index is 1200. The Labute approximate surface area is 207 Å². The topological polar surface area (TPSA) is 59.1 Å². The molecule has 6 nitrogen and oxygen atoms in total. The van der Waals surface area contributed by atoms with Crippen LogP contribution in [0.15, 0.2) is 66.7 Å². The predicted molar refractivity (Wildman–Crippen MR) is 137 cm³/mol. The molecule has 0 atom stereocenters. The number of aryl methyl sites for hydroxylation is 1. The Morgan fingerprint density at radius 2 is 1.83 bits per heavy atom. The van der Waals surface area contributed by atoms with Crippen molar-refractivity contribution in [1.29, 1.82) is 0 Å². The van der Waals surface area contributed by atoms with Gasteiger partial charge in [-0.2, -0.15) is 0 Å². The highest BCUT2D eigenvalue weighted by Crippen LogP contribution is 2.28. The van der Waals surface area contributed by atoms with E-state index >= 15 is 0 Å². The van der Waals surface area contributed by atoms with E-state index in [1.807, 2.05) is 80.3 Å². The fraction of sp³-hybridized carbons (Fsp3) is 0.310. The Hall–Kier alpha value is -3.80. The van der Waals surface area contributed by atoms with Gasteiger partial charge in [0, 0.05) is 29.3 Å². The second-order valence-electron chi connectivity index (χ2n) is 9.16. The quantitative estimate of drug-likeness (QED) is 0.493. The van der Waals surface area contributed by atoms with Crippen molar-refractivity contribution in [1.82, 2.24) is 4.90 Å². The van der Waals surface area contributed by atoms with Crippen LogP contribution in [0.2, 0.25) is 0 Å². The van der Waals surface area contributed by atoms with Crippen LogP contribution in [0.3, 0.4) is 0 Å². The lowest BCUT2D eigenvalue weighted by molar-refractivity contribution is -0.121. The standard InChI is InChI=1S/C29H32N2O4/c1-20(2)28(32)31(25-11-8-21(3)9-12-25)18-22-10-13-27-24(16-22)19-30(14-15-35-27)29(33)23-6-5-7-26(17-23)34-4/h5-13,16-17,20H,14-15,18-19H2,1-4H3. The number of carbonyl (C=O) groups is 2. The summed E-state index contributed by atoms with van der Waals surface area (Å²) in [6.45, 7) is 7.64. The largest absolute Gasteiger partial charge is 0.497 e. The number of hydrogen-bond donors (Lipinski definition) is 0. The minimum atomic E-state index is -0.128. The molecule has 2 amide bonds. The highest BCUT2D eigenvalue weighted by atomic mass is 16.5. The SMILES string of the molecule is COc1cccc(C(=O)N2CCOc3ccc(CN(C(=O)C(C)C)c4ccc(C)cc4)cc3C2)c1. The van der Waals surface area contributed by atoms with Crippen LogP contribution in [0.1, 0.15) is 40.9 Å². The van der Waals surface area contributed by atoms with Gasteiger partial charge in [0.2, 0.25) is 5.91 Å². The molecule has 0 aliphatic carbocycles. The van der Waals surface area contributed by atoms with Gasteiger partial charge in [-0.15, -0.1) is 0 Å². The zero-order valence-corrected chi connectivity index (χ0v) is 20.8. The summed E-state index contributed by atoms with van der Waals surface area (Å²) in [5.41, 5.74) is 4.51. The maximum Gasteiger partial charge on any atom is 0.254 e. The molecule has 0 bridgehead atoms. The summed E-state index contributed by atoms with van der Waals surface area (Å²) in [5, 5.41) is 0. The number of rotatable bonds is 6. The highest BCUT2D eigenvalue weighted by Gasteiger charge is 2.23. The first-order chi connectivity index (χ1) is 16.9. The summed E-state index contributed by atoms with van der Waals surface area (Å²) >= 11 is 0. The van der Waals surface area contributed by atoms with Gasteiger partial charge in [0.15, 0.2) is 0 Å². The average molecular weight is 473 g/mol. The number of fused-ring (bicyclic) bond motifs is 1. The Morgan fingerprint density at radius 3 is 2.54 bits per heavy atom. The molecule has 0 unspecified atom stereocenters. The molecular weight excluding hydrogens is 440 g/mol. The molecule has 6 heteroatoms. The van der Waals surface area contributed by atoms with Crippen molar-refractivity contribution >= 4 is 17.5 Å². The van der Waals surface area contributed by atoms with Gasteiger partial charge in [-0.05, 0) is 55.0 Å². The molecule has 0 aromatic heterocycles. The van der Waals surface area contributed by atoms with Crippen LogP contribution >= 0.6 is 0 Å². The molecule has 0 saturated heterocycles. The molecule has 0 N–H and O–H groups in total. The molecule has 0 radical (unpaired) electrons. The summed E-state index contributed by atoms with van der Waals surface area (Å²) in [5.74, 6) is 1.29. The summed E-state index contributed by atoms with van der Waals surface area (Å²) in [4.78, 5) is 29.9. The number of amides is 2. The molecule has 0 saturated carbocycles. The van der Waals surface area contributed by atoms with Crippen LogP contribution in [0.4, 0.5) is 5.69 Å². The Morgan fingerprint density at radius 1 is 1.06 bits per heavy atom. The van der Waals surface area contributed by atoms with E-state index in [0.29, 0.717) is 37.6 Å². The molecule has 0 fully saturated rings. The first-order valence-corrected chi connectivity index (χ1v) is 11.9. The highest BCUT2D eigenvalue weighted by molar-refractivity contribution is 5.95. The monoisotopic (exact) mass is 472 g/mol. The summed E-state index contributed by atoms with van der Waals surface area (Å²) in [6, 6.07) is 21.2. The first kappa shape index (κ1) is 24.3. The minimum Gasteiger partial charge on any atom is -0.497 e. The van der Waals surface area contributed by atoms with Gasteiger partial charge < -0.3 is 19.3 Å². The van der Waals surface area contributed by atoms with Gasteiger partial charge in [-0.3, -0.25) is 9.59 Å². The van der Waals surface area contributed by atoms with Crippen LogP contribution in [0.25, 0.3) is 0 Å². The van der Waals surface area contributed by atoms with Crippen LogP contribution < -0.4 is 14.4 Å². The summed E-state index contributed by atoms with van der Waals surface area (Å²) in [7, 11) is 1.59. The van der Waals surface area contributed by atoms with E-state index in [4.69, 9.17) is 9.47 Å². The fourth-order valence-electron chi connectivity index (χ4n) is 4.17. The van der Waals surface area contributed by atoms with Crippen LogP contribution in [0, 0.1) is 12.8 Å². The van der Waals surface area contributed by atoms with E-state index in [0.717, 1.165) is 28.1 Å². The first-order valence-electron chi connectivity index (χ1n) is 11.9. The fourth-order valence-corrected chi connectivity index (χ4v) is 4.17. The molecular formula is C29H32N2O4. The number of ether oxygens (including phenoxy) is 2. The van der Waals surface area contributed by atoms with Crippen molar-refractivity contribution in [3.8, 4) is 11.5 Å². The summed E-state index contributed by atoms with van der Waals surface area (Å²) < 4.78 is 11.2. The van der Waals surface area contributed by atoms with Crippen LogP contribution in [-0.2, 0) is 17.9 Å². The van der Waals surface area contributed by atoms with E-state index in [2.05, 4.69) is 0 Å². The molecule has 1 heterocycles. The van der Waals surface area contributed by atoms with Crippen molar-refractivity contribution in [3.05, 3.63) is 89.0 Å². The van der Waals surface area contributed by atoms with Gasteiger partial charge in [0.05, 0.1) is 20.2 Å². The Balaban J connectivity index is 1.59. The molecule has 0 spiro atoms. The lowest BCUT2D eigenvalue weighted by Crippen LogP contribution is -2.34. The molecule has 1 aliphatic rings. The van der Waals surface area contributed by atoms with Gasteiger partial charge in [0.25, 0.3) is 5.91 Å². The number of benzene rings is 3. The smallest absolute Gasteiger partial charge is 0.254 e. The van der Waals surface area contributed by atoms with E-state index < -0.39 is 0 Å². The van der Waals surface area contributed by atoms with Crippen molar-refractivity contribution in [2.45, 2.75) is 33.9 Å². The second kappa shape index (κ2) is 10.6. The molecule has 1 aliphatic heterocycles. The van der Waals surface area contributed by atoms with Crippen molar-refractivity contribution < 1.29 is 19.1 Å². The normalized spacial score (nSPS) is 13.0. The third-order valence-corrected chi connectivity index (χ3v) is 6.16. The maximum atomic E-state index is 13.2. The second-order valence-corrected chi connectivity index (χ2v) is 9.16. The van der Waals surface area contributed by atoms with Crippen molar-refractivity contribution in [2.24, 2.45) is 5.92 Å². The third kappa shape index (κ3) is 5.65. The van der Waals surface area contributed by atoms with Crippen LogP contribution in [0.5, 0.6) is 11.5 Å². The minimum absolute atomic E-state index is 0.0647. The molecule has 35 heavy (non-hydrogen) atoms. The van der Waals surface area contributed by atoms with E-state index in [1.165, 1.54) is 0 Å². The predicted octanol–water partition coefficient (Wildman–Crippen LogP) is 5.23. The number of carbonyl (C=O) groups excluding carboxylic acids is 2. The third-order valence-electron chi connectivity index (χ3n) is 6.16. The number of nitrogens with zero attached hydrogens (tertiary/aromatic N) is 2. The lowest BCUT2D eigenvalue weighted by Gasteiger charge is -2.26. The zero-order chi connectivity index (χ0) is 24.9. The maximum absolute atomic E-state index is 13.2. The van der Waals surface area contributed by atoms with E-state index in [-0.39, 0.29) is 17.7 Å².